The fraction of sp³-hybridized carbons (Fsp3) is 0.333. The van der Waals surface area contributed by atoms with Gasteiger partial charge in [0.25, 0.3) is 0 Å². The highest BCUT2D eigenvalue weighted by Crippen LogP contribution is 2.29. The molecule has 2 aromatic rings. The monoisotopic (exact) mass is 253 g/mol. The third kappa shape index (κ3) is 2.81. The summed E-state index contributed by atoms with van der Waals surface area (Å²) in [7, 11) is 0. The molecule has 0 amide bonds. The Labute approximate surface area is 116 Å². The summed E-state index contributed by atoms with van der Waals surface area (Å²) in [6.45, 7) is 13.0. The minimum atomic E-state index is 1.21. The van der Waals surface area contributed by atoms with E-state index >= 15 is 0 Å². The number of hydrogen-bond acceptors (Lipinski definition) is 1. The molecule has 0 unspecified atom stereocenters. The first-order chi connectivity index (χ1) is 8.88. The molecule has 0 spiro atoms. The van der Waals surface area contributed by atoms with Gasteiger partial charge in [-0.3, -0.25) is 0 Å². The fourth-order valence-electron chi connectivity index (χ4n) is 2.61. The van der Waals surface area contributed by atoms with Gasteiger partial charge in [0.1, 0.15) is 0 Å². The Kier molecular flexibility index (Phi) is 3.66. The summed E-state index contributed by atoms with van der Waals surface area (Å²) in [5.41, 5.74) is 10.3. The van der Waals surface area contributed by atoms with Gasteiger partial charge >= 0.3 is 0 Å². The van der Waals surface area contributed by atoms with Crippen molar-refractivity contribution >= 4 is 11.4 Å². The number of nitrogens with one attached hydrogen (secondary N) is 1. The van der Waals surface area contributed by atoms with Crippen LogP contribution in [0.5, 0.6) is 0 Å². The maximum Gasteiger partial charge on any atom is 0.0443 e. The SMILES string of the molecule is Cc1cc(C)c(Nc2cc(C)c(C)cc2C)c(C)c1. The molecule has 0 aliphatic heterocycles. The van der Waals surface area contributed by atoms with E-state index in [-0.39, 0.29) is 0 Å². The molecule has 0 aromatic heterocycles. The standard InChI is InChI=1S/C18H23N/c1-11-7-15(5)18(16(6)8-11)19-17-10-13(3)12(2)9-14(17)4/h7-10,19H,1-6H3. The third-order valence-electron chi connectivity index (χ3n) is 3.78. The summed E-state index contributed by atoms with van der Waals surface area (Å²) < 4.78 is 0. The van der Waals surface area contributed by atoms with Gasteiger partial charge in [0.15, 0.2) is 0 Å². The van der Waals surface area contributed by atoms with E-state index in [1.807, 2.05) is 0 Å². The molecule has 0 saturated heterocycles. The van der Waals surface area contributed by atoms with Crippen molar-refractivity contribution in [3.63, 3.8) is 0 Å². The molecule has 0 aliphatic carbocycles. The lowest BCUT2D eigenvalue weighted by molar-refractivity contribution is 1.27. The van der Waals surface area contributed by atoms with Crippen LogP contribution in [0.15, 0.2) is 24.3 Å². The summed E-state index contributed by atoms with van der Waals surface area (Å²) >= 11 is 0. The van der Waals surface area contributed by atoms with Gasteiger partial charge in [-0.25, -0.2) is 0 Å². The summed E-state index contributed by atoms with van der Waals surface area (Å²) in [5, 5.41) is 3.60. The van der Waals surface area contributed by atoms with Crippen molar-refractivity contribution in [2.75, 3.05) is 5.32 Å². The maximum absolute atomic E-state index is 3.60. The van der Waals surface area contributed by atoms with Crippen molar-refractivity contribution in [1.29, 1.82) is 0 Å². The number of anilines is 2. The lowest BCUT2D eigenvalue weighted by Crippen LogP contribution is -2.00. The maximum atomic E-state index is 3.60. The first-order valence-corrected chi connectivity index (χ1v) is 6.81. The molecule has 1 N–H and O–H groups in total. The van der Waals surface area contributed by atoms with Crippen molar-refractivity contribution in [2.45, 2.75) is 41.5 Å². The number of hydrogen-bond donors (Lipinski definition) is 1. The summed E-state index contributed by atoms with van der Waals surface area (Å²) in [6.07, 6.45) is 0. The highest BCUT2D eigenvalue weighted by molar-refractivity contribution is 5.70. The lowest BCUT2D eigenvalue weighted by Gasteiger charge is -2.17. The van der Waals surface area contributed by atoms with Crippen LogP contribution in [0, 0.1) is 41.5 Å². The van der Waals surface area contributed by atoms with E-state index in [0.29, 0.717) is 0 Å². The van der Waals surface area contributed by atoms with Crippen LogP contribution in [0.3, 0.4) is 0 Å². The summed E-state index contributed by atoms with van der Waals surface area (Å²) in [6, 6.07) is 8.94. The minimum absolute atomic E-state index is 1.21. The second-order valence-corrected chi connectivity index (χ2v) is 5.65. The minimum Gasteiger partial charge on any atom is -0.355 e. The Balaban J connectivity index is 2.45. The van der Waals surface area contributed by atoms with E-state index in [2.05, 4.69) is 71.1 Å². The van der Waals surface area contributed by atoms with Gasteiger partial charge in [-0.1, -0.05) is 23.8 Å². The second-order valence-electron chi connectivity index (χ2n) is 5.65. The zero-order valence-electron chi connectivity index (χ0n) is 12.8. The van der Waals surface area contributed by atoms with Crippen LogP contribution in [0.2, 0.25) is 0 Å². The third-order valence-corrected chi connectivity index (χ3v) is 3.78. The van der Waals surface area contributed by atoms with Crippen LogP contribution in [0.4, 0.5) is 11.4 Å². The predicted octanol–water partition coefficient (Wildman–Crippen LogP) is 5.28. The van der Waals surface area contributed by atoms with Crippen LogP contribution in [-0.4, -0.2) is 0 Å². The highest BCUT2D eigenvalue weighted by Gasteiger charge is 2.07. The van der Waals surface area contributed by atoms with Crippen LogP contribution in [0.25, 0.3) is 0 Å². The van der Waals surface area contributed by atoms with Crippen LogP contribution in [-0.2, 0) is 0 Å². The van der Waals surface area contributed by atoms with Crippen LogP contribution < -0.4 is 5.32 Å². The molecule has 0 bridgehead atoms. The zero-order chi connectivity index (χ0) is 14.2. The molecule has 2 aromatic carbocycles. The van der Waals surface area contributed by atoms with Gasteiger partial charge in [-0.2, -0.15) is 0 Å². The summed E-state index contributed by atoms with van der Waals surface area (Å²) in [4.78, 5) is 0. The molecule has 0 aliphatic rings. The first-order valence-electron chi connectivity index (χ1n) is 6.81. The molecule has 0 fully saturated rings. The Morgan fingerprint density at radius 3 is 1.68 bits per heavy atom. The predicted molar refractivity (Wildman–Crippen MR) is 84.6 cm³/mol. The van der Waals surface area contributed by atoms with Gasteiger partial charge in [0, 0.05) is 11.4 Å². The van der Waals surface area contributed by atoms with Crippen molar-refractivity contribution in [1.82, 2.24) is 0 Å². The van der Waals surface area contributed by atoms with Crippen molar-refractivity contribution < 1.29 is 0 Å². The molecule has 100 valence electrons. The first kappa shape index (κ1) is 13.7. The molecule has 19 heavy (non-hydrogen) atoms. The molecule has 1 nitrogen and oxygen atoms in total. The van der Waals surface area contributed by atoms with E-state index in [1.165, 1.54) is 44.8 Å². The average molecular weight is 253 g/mol. The Bertz CT molecular complexity index is 601. The molecule has 1 heteroatoms. The molecule has 0 atom stereocenters. The van der Waals surface area contributed by atoms with E-state index < -0.39 is 0 Å². The normalized spacial score (nSPS) is 10.6. The van der Waals surface area contributed by atoms with E-state index in [1.54, 1.807) is 0 Å². The molecule has 0 heterocycles. The zero-order valence-corrected chi connectivity index (χ0v) is 12.8. The van der Waals surface area contributed by atoms with Gasteiger partial charge < -0.3 is 5.32 Å². The average Bonchev–Trinajstić information content (AvgIpc) is 2.29. The molecule has 0 saturated carbocycles. The van der Waals surface area contributed by atoms with Gasteiger partial charge in [0.2, 0.25) is 0 Å². The van der Waals surface area contributed by atoms with Crippen LogP contribution >= 0.6 is 0 Å². The summed E-state index contributed by atoms with van der Waals surface area (Å²) in [5.74, 6) is 0. The van der Waals surface area contributed by atoms with Gasteiger partial charge in [-0.15, -0.1) is 0 Å². The van der Waals surface area contributed by atoms with Gasteiger partial charge in [-0.05, 0) is 75.4 Å². The smallest absolute Gasteiger partial charge is 0.0443 e. The van der Waals surface area contributed by atoms with Crippen molar-refractivity contribution in [2.24, 2.45) is 0 Å². The Morgan fingerprint density at radius 2 is 1.11 bits per heavy atom. The highest BCUT2D eigenvalue weighted by atomic mass is 14.9. The Morgan fingerprint density at radius 1 is 0.579 bits per heavy atom. The van der Waals surface area contributed by atoms with Crippen molar-refractivity contribution in [3.8, 4) is 0 Å². The van der Waals surface area contributed by atoms with Crippen LogP contribution in [0.1, 0.15) is 33.4 Å². The van der Waals surface area contributed by atoms with Gasteiger partial charge in [0.05, 0.1) is 0 Å². The van der Waals surface area contributed by atoms with E-state index in [0.717, 1.165) is 0 Å². The molecular weight excluding hydrogens is 230 g/mol. The molecule has 2 rings (SSSR count). The topological polar surface area (TPSA) is 12.0 Å². The molecular formula is C18H23N. The van der Waals surface area contributed by atoms with E-state index in [4.69, 9.17) is 0 Å². The number of aryl methyl sites for hydroxylation is 6. The largest absolute Gasteiger partial charge is 0.355 e. The molecule has 0 radical (unpaired) electrons. The second kappa shape index (κ2) is 5.08. The van der Waals surface area contributed by atoms with E-state index in [9.17, 15) is 0 Å². The number of rotatable bonds is 2. The fourth-order valence-corrected chi connectivity index (χ4v) is 2.61. The number of benzene rings is 2. The Hall–Kier alpha value is -1.76. The van der Waals surface area contributed by atoms with Crippen molar-refractivity contribution in [3.05, 3.63) is 57.6 Å². The quantitative estimate of drug-likeness (QED) is 0.767. The lowest BCUT2D eigenvalue weighted by atomic mass is 10.0.